The zero-order valence-corrected chi connectivity index (χ0v) is 8.88. The van der Waals surface area contributed by atoms with Crippen LogP contribution >= 0.6 is 0 Å². The predicted molar refractivity (Wildman–Crippen MR) is 58.8 cm³/mol. The second kappa shape index (κ2) is 5.03. The average molecular weight is 177 g/mol. The van der Waals surface area contributed by atoms with Crippen LogP contribution < -0.4 is 0 Å². The van der Waals surface area contributed by atoms with Gasteiger partial charge in [-0.05, 0) is 32.9 Å². The van der Waals surface area contributed by atoms with Gasteiger partial charge in [0.1, 0.15) is 0 Å². The highest BCUT2D eigenvalue weighted by molar-refractivity contribution is 5.30. The molecule has 0 N–H and O–H groups in total. The quantitative estimate of drug-likeness (QED) is 0.586. The van der Waals surface area contributed by atoms with Gasteiger partial charge >= 0.3 is 0 Å². The molecular formula is C12H19N. The van der Waals surface area contributed by atoms with Crippen LogP contribution in [0.3, 0.4) is 0 Å². The minimum Gasteiger partial charge on any atom is -0.302 e. The molecular weight excluding hydrogens is 158 g/mol. The highest BCUT2D eigenvalue weighted by Crippen LogP contribution is 2.16. The second-order valence-corrected chi connectivity index (χ2v) is 3.68. The lowest BCUT2D eigenvalue weighted by Gasteiger charge is -2.24. The van der Waals surface area contributed by atoms with Gasteiger partial charge in [-0.1, -0.05) is 29.9 Å². The molecule has 1 nitrogen and oxygen atoms in total. The lowest BCUT2D eigenvalue weighted by molar-refractivity contribution is 0.351. The molecule has 0 aliphatic carbocycles. The molecule has 0 unspecified atom stereocenters. The van der Waals surface area contributed by atoms with Crippen LogP contribution in [0.1, 0.15) is 20.3 Å². The number of nitrogens with zero attached hydrogens (tertiary/aromatic N) is 1. The van der Waals surface area contributed by atoms with E-state index < -0.39 is 0 Å². The van der Waals surface area contributed by atoms with E-state index in [-0.39, 0.29) is 0 Å². The van der Waals surface area contributed by atoms with E-state index >= 15 is 0 Å². The summed E-state index contributed by atoms with van der Waals surface area (Å²) >= 11 is 0. The molecule has 0 fully saturated rings. The van der Waals surface area contributed by atoms with Gasteiger partial charge in [0.05, 0.1) is 0 Å². The maximum absolute atomic E-state index is 2.36. The van der Waals surface area contributed by atoms with Crippen molar-refractivity contribution in [1.82, 2.24) is 4.90 Å². The fourth-order valence-electron chi connectivity index (χ4n) is 1.50. The first-order chi connectivity index (χ1) is 6.24. The van der Waals surface area contributed by atoms with Crippen LogP contribution in [0.5, 0.6) is 0 Å². The Balaban J connectivity index is 2.65. The van der Waals surface area contributed by atoms with Crippen molar-refractivity contribution >= 4 is 0 Å². The summed E-state index contributed by atoms with van der Waals surface area (Å²) in [6.07, 6.45) is 9.70. The van der Waals surface area contributed by atoms with Gasteiger partial charge in [-0.25, -0.2) is 0 Å². The summed E-state index contributed by atoms with van der Waals surface area (Å²) in [5.74, 6) is 0. The summed E-state index contributed by atoms with van der Waals surface area (Å²) in [5, 5.41) is 0. The second-order valence-electron chi connectivity index (χ2n) is 3.68. The third-order valence-corrected chi connectivity index (χ3v) is 2.46. The Bertz CT molecular complexity index is 246. The topological polar surface area (TPSA) is 3.24 Å². The standard InChI is InChI=1S/C12H19N/c1-4-5-6-7-12-10-13(3)9-8-11(12)2/h4-7H,8-10H2,1-3H3/b5-4-,7-6-. The van der Waals surface area contributed by atoms with Gasteiger partial charge in [0.15, 0.2) is 0 Å². The van der Waals surface area contributed by atoms with Gasteiger partial charge in [0.25, 0.3) is 0 Å². The Labute approximate surface area is 81.4 Å². The van der Waals surface area contributed by atoms with Crippen LogP contribution in [0.4, 0.5) is 0 Å². The first-order valence-electron chi connectivity index (χ1n) is 4.90. The van der Waals surface area contributed by atoms with Crippen LogP contribution in [-0.4, -0.2) is 25.0 Å². The molecule has 0 spiro atoms. The smallest absolute Gasteiger partial charge is 0.0230 e. The first kappa shape index (κ1) is 10.3. The largest absolute Gasteiger partial charge is 0.302 e. The number of hydrogen-bond acceptors (Lipinski definition) is 1. The Kier molecular flexibility index (Phi) is 3.97. The fraction of sp³-hybridized carbons (Fsp3) is 0.500. The zero-order valence-electron chi connectivity index (χ0n) is 8.88. The summed E-state index contributed by atoms with van der Waals surface area (Å²) in [4.78, 5) is 2.36. The van der Waals surface area contributed by atoms with Crippen molar-refractivity contribution in [2.75, 3.05) is 20.1 Å². The molecule has 1 heteroatoms. The molecule has 1 aliphatic rings. The monoisotopic (exact) mass is 177 g/mol. The molecule has 0 aromatic heterocycles. The minimum atomic E-state index is 1.10. The Hall–Kier alpha value is -0.820. The summed E-state index contributed by atoms with van der Waals surface area (Å²) in [6, 6.07) is 0. The minimum absolute atomic E-state index is 1.10. The average Bonchev–Trinajstić information content (AvgIpc) is 2.11. The van der Waals surface area contributed by atoms with Gasteiger partial charge < -0.3 is 4.90 Å². The van der Waals surface area contributed by atoms with Crippen LogP contribution in [0.15, 0.2) is 35.5 Å². The van der Waals surface area contributed by atoms with Crippen LogP contribution in [-0.2, 0) is 0 Å². The molecule has 1 rings (SSSR count). The Morgan fingerprint density at radius 2 is 2.08 bits per heavy atom. The van der Waals surface area contributed by atoms with E-state index in [1.165, 1.54) is 18.5 Å². The van der Waals surface area contributed by atoms with Crippen LogP contribution in [0.25, 0.3) is 0 Å². The fourth-order valence-corrected chi connectivity index (χ4v) is 1.50. The van der Waals surface area contributed by atoms with Gasteiger partial charge in [0, 0.05) is 13.1 Å². The Morgan fingerprint density at radius 3 is 2.77 bits per heavy atom. The lowest BCUT2D eigenvalue weighted by Crippen LogP contribution is -2.26. The summed E-state index contributed by atoms with van der Waals surface area (Å²) in [5.41, 5.74) is 3.02. The molecule has 0 saturated carbocycles. The Morgan fingerprint density at radius 1 is 1.31 bits per heavy atom. The predicted octanol–water partition coefficient (Wildman–Crippen LogP) is 2.77. The number of likely N-dealkylation sites (N-methyl/N-ethyl adjacent to an activating group) is 1. The van der Waals surface area contributed by atoms with E-state index in [0.717, 1.165) is 6.54 Å². The molecule has 0 radical (unpaired) electrons. The molecule has 0 aromatic rings. The maximum atomic E-state index is 2.36. The van der Waals surface area contributed by atoms with E-state index in [4.69, 9.17) is 0 Å². The van der Waals surface area contributed by atoms with Crippen LogP contribution in [0.2, 0.25) is 0 Å². The highest BCUT2D eigenvalue weighted by Gasteiger charge is 2.09. The SMILES string of the molecule is C/C=C\C=C/C1=C(C)CCN(C)C1. The molecule has 0 aromatic carbocycles. The van der Waals surface area contributed by atoms with E-state index in [1.807, 2.05) is 6.92 Å². The summed E-state index contributed by atoms with van der Waals surface area (Å²) in [6.45, 7) is 6.58. The summed E-state index contributed by atoms with van der Waals surface area (Å²) < 4.78 is 0. The molecule has 0 atom stereocenters. The molecule has 0 saturated heterocycles. The zero-order chi connectivity index (χ0) is 9.68. The van der Waals surface area contributed by atoms with Crippen LogP contribution in [0, 0.1) is 0 Å². The van der Waals surface area contributed by atoms with Gasteiger partial charge in [-0.2, -0.15) is 0 Å². The maximum Gasteiger partial charge on any atom is 0.0230 e. The number of rotatable bonds is 2. The van der Waals surface area contributed by atoms with Gasteiger partial charge in [-0.15, -0.1) is 0 Å². The van der Waals surface area contributed by atoms with Crippen molar-refractivity contribution in [2.45, 2.75) is 20.3 Å². The van der Waals surface area contributed by atoms with E-state index in [0.29, 0.717) is 0 Å². The van der Waals surface area contributed by atoms with Crippen molar-refractivity contribution in [3.05, 3.63) is 35.5 Å². The molecule has 0 bridgehead atoms. The van der Waals surface area contributed by atoms with E-state index in [2.05, 4.69) is 43.2 Å². The third-order valence-electron chi connectivity index (χ3n) is 2.46. The van der Waals surface area contributed by atoms with Crippen molar-refractivity contribution in [3.8, 4) is 0 Å². The van der Waals surface area contributed by atoms with E-state index in [9.17, 15) is 0 Å². The normalized spacial score (nSPS) is 20.8. The molecule has 13 heavy (non-hydrogen) atoms. The van der Waals surface area contributed by atoms with Gasteiger partial charge in [-0.3, -0.25) is 0 Å². The molecule has 1 aliphatic heterocycles. The first-order valence-corrected chi connectivity index (χ1v) is 4.90. The highest BCUT2D eigenvalue weighted by atomic mass is 15.1. The van der Waals surface area contributed by atoms with Crippen molar-refractivity contribution < 1.29 is 0 Å². The van der Waals surface area contributed by atoms with E-state index in [1.54, 1.807) is 5.57 Å². The van der Waals surface area contributed by atoms with Crippen molar-refractivity contribution in [2.24, 2.45) is 0 Å². The molecule has 1 heterocycles. The van der Waals surface area contributed by atoms with Crippen molar-refractivity contribution in [1.29, 1.82) is 0 Å². The lowest BCUT2D eigenvalue weighted by atomic mass is 10.0. The van der Waals surface area contributed by atoms with Crippen molar-refractivity contribution in [3.63, 3.8) is 0 Å². The number of allylic oxidation sites excluding steroid dienone is 3. The number of hydrogen-bond donors (Lipinski definition) is 0. The van der Waals surface area contributed by atoms with Gasteiger partial charge in [0.2, 0.25) is 0 Å². The third kappa shape index (κ3) is 3.19. The summed E-state index contributed by atoms with van der Waals surface area (Å²) in [7, 11) is 2.18. The molecule has 0 amide bonds. The molecule has 72 valence electrons.